The van der Waals surface area contributed by atoms with E-state index < -0.39 is 10.0 Å². The molecule has 0 saturated carbocycles. The van der Waals surface area contributed by atoms with Crippen LogP contribution < -0.4 is 5.32 Å². The highest BCUT2D eigenvalue weighted by Crippen LogP contribution is 2.23. The Balaban J connectivity index is 1.72. The van der Waals surface area contributed by atoms with Crippen LogP contribution in [0.1, 0.15) is 36.0 Å². The van der Waals surface area contributed by atoms with Crippen LogP contribution >= 0.6 is 0 Å². The Kier molecular flexibility index (Phi) is 6.04. The third kappa shape index (κ3) is 4.31. The van der Waals surface area contributed by atoms with E-state index in [9.17, 15) is 8.42 Å². The van der Waals surface area contributed by atoms with Crippen molar-refractivity contribution < 1.29 is 8.42 Å². The van der Waals surface area contributed by atoms with E-state index in [2.05, 4.69) is 11.4 Å². The van der Waals surface area contributed by atoms with Gasteiger partial charge in [0.05, 0.1) is 16.5 Å². The number of rotatable bonds is 6. The highest BCUT2D eigenvalue weighted by atomic mass is 32.2. The van der Waals surface area contributed by atoms with Crippen molar-refractivity contribution in [2.24, 2.45) is 0 Å². The second-order valence-corrected chi connectivity index (χ2v) is 8.39. The van der Waals surface area contributed by atoms with E-state index in [0.29, 0.717) is 36.6 Å². The molecule has 26 heavy (non-hydrogen) atoms. The summed E-state index contributed by atoms with van der Waals surface area (Å²) in [5.74, 6) is 0. The van der Waals surface area contributed by atoms with E-state index in [1.165, 1.54) is 0 Å². The van der Waals surface area contributed by atoms with E-state index in [0.717, 1.165) is 30.4 Å². The van der Waals surface area contributed by atoms with E-state index in [1.807, 2.05) is 30.3 Å². The van der Waals surface area contributed by atoms with Gasteiger partial charge in [0, 0.05) is 26.2 Å². The quantitative estimate of drug-likeness (QED) is 0.849. The largest absolute Gasteiger partial charge is 0.309 e. The summed E-state index contributed by atoms with van der Waals surface area (Å²) in [6.07, 6.45) is 2.95. The van der Waals surface area contributed by atoms with Crippen molar-refractivity contribution >= 4 is 10.0 Å². The van der Waals surface area contributed by atoms with E-state index in [-0.39, 0.29) is 0 Å². The van der Waals surface area contributed by atoms with E-state index in [1.54, 1.807) is 22.5 Å². The second kappa shape index (κ2) is 8.45. The zero-order valence-corrected chi connectivity index (χ0v) is 15.5. The summed E-state index contributed by atoms with van der Waals surface area (Å²) in [5.41, 5.74) is 2.40. The number of nitrogens with zero attached hydrogens (tertiary/aromatic N) is 2. The molecular formula is C20H23N3O2S. The van der Waals surface area contributed by atoms with Gasteiger partial charge in [0.15, 0.2) is 0 Å². The van der Waals surface area contributed by atoms with Gasteiger partial charge in [-0.2, -0.15) is 9.57 Å². The smallest absolute Gasteiger partial charge is 0.243 e. The fourth-order valence-electron chi connectivity index (χ4n) is 3.24. The number of piperidine rings is 1. The van der Waals surface area contributed by atoms with Crippen LogP contribution in [0, 0.1) is 11.3 Å². The molecule has 1 N–H and O–H groups in total. The normalized spacial score (nSPS) is 15.5. The van der Waals surface area contributed by atoms with Crippen LogP contribution in [0.15, 0.2) is 53.4 Å². The predicted molar refractivity (Wildman–Crippen MR) is 101 cm³/mol. The molecule has 2 aromatic rings. The van der Waals surface area contributed by atoms with Gasteiger partial charge < -0.3 is 5.32 Å². The average Bonchev–Trinajstić information content (AvgIpc) is 2.69. The fraction of sp³-hybridized carbons (Fsp3) is 0.350. The summed E-state index contributed by atoms with van der Waals surface area (Å²) in [6, 6.07) is 16.7. The maximum absolute atomic E-state index is 13.0. The molecule has 0 atom stereocenters. The summed E-state index contributed by atoms with van der Waals surface area (Å²) in [5, 5.41) is 12.3. The van der Waals surface area contributed by atoms with Crippen LogP contribution in [-0.4, -0.2) is 25.8 Å². The molecule has 0 radical (unpaired) electrons. The van der Waals surface area contributed by atoms with E-state index >= 15 is 0 Å². The molecule has 0 bridgehead atoms. The molecule has 2 aromatic carbocycles. The summed E-state index contributed by atoms with van der Waals surface area (Å²) in [4.78, 5) is 0.389. The summed E-state index contributed by atoms with van der Waals surface area (Å²) < 4.78 is 27.6. The molecule has 1 heterocycles. The third-order valence-electron chi connectivity index (χ3n) is 4.61. The Morgan fingerprint density at radius 1 is 1.00 bits per heavy atom. The zero-order chi connectivity index (χ0) is 18.4. The molecule has 0 aliphatic carbocycles. The highest BCUT2D eigenvalue weighted by molar-refractivity contribution is 7.89. The molecule has 0 aromatic heterocycles. The lowest BCUT2D eigenvalue weighted by atomic mass is 10.1. The molecule has 0 unspecified atom stereocenters. The maximum atomic E-state index is 13.0. The molecule has 1 aliphatic rings. The molecule has 136 valence electrons. The van der Waals surface area contributed by atoms with Gasteiger partial charge in [-0.1, -0.05) is 36.8 Å². The minimum absolute atomic E-state index is 0.389. The Labute approximate surface area is 155 Å². The number of sulfonamides is 1. The van der Waals surface area contributed by atoms with E-state index in [4.69, 9.17) is 5.26 Å². The van der Waals surface area contributed by atoms with Crippen LogP contribution in [0.25, 0.3) is 0 Å². The van der Waals surface area contributed by atoms with Crippen molar-refractivity contribution in [3.63, 3.8) is 0 Å². The molecule has 3 rings (SSSR count). The Morgan fingerprint density at radius 3 is 2.54 bits per heavy atom. The first-order chi connectivity index (χ1) is 12.6. The number of benzene rings is 2. The van der Waals surface area contributed by atoms with Gasteiger partial charge in [-0.25, -0.2) is 8.42 Å². The maximum Gasteiger partial charge on any atom is 0.243 e. The zero-order valence-electron chi connectivity index (χ0n) is 14.7. The van der Waals surface area contributed by atoms with Crippen LogP contribution in [0.2, 0.25) is 0 Å². The first kappa shape index (κ1) is 18.6. The van der Waals surface area contributed by atoms with Gasteiger partial charge in [0.1, 0.15) is 0 Å². The first-order valence-corrected chi connectivity index (χ1v) is 10.3. The van der Waals surface area contributed by atoms with Crippen LogP contribution in [0.4, 0.5) is 0 Å². The first-order valence-electron chi connectivity index (χ1n) is 8.89. The van der Waals surface area contributed by atoms with Gasteiger partial charge >= 0.3 is 0 Å². The third-order valence-corrected chi connectivity index (χ3v) is 6.61. The molecule has 6 heteroatoms. The van der Waals surface area contributed by atoms with Crippen LogP contribution in [-0.2, 0) is 23.1 Å². The van der Waals surface area contributed by atoms with Crippen molar-refractivity contribution in [3.8, 4) is 6.07 Å². The second-order valence-electron chi connectivity index (χ2n) is 6.49. The molecule has 1 fully saturated rings. The minimum atomic E-state index is -3.45. The fourth-order valence-corrected chi connectivity index (χ4v) is 4.98. The van der Waals surface area contributed by atoms with Crippen molar-refractivity contribution in [3.05, 3.63) is 65.2 Å². The minimum Gasteiger partial charge on any atom is -0.309 e. The summed E-state index contributed by atoms with van der Waals surface area (Å²) in [6.45, 7) is 2.24. The Morgan fingerprint density at radius 2 is 1.77 bits per heavy atom. The lowest BCUT2D eigenvalue weighted by Crippen LogP contribution is -2.36. The Bertz CT molecular complexity index is 897. The Hall–Kier alpha value is -2.20. The molecule has 0 spiro atoms. The van der Waals surface area contributed by atoms with Gasteiger partial charge in [-0.15, -0.1) is 0 Å². The highest BCUT2D eigenvalue weighted by Gasteiger charge is 2.27. The number of nitriles is 1. The number of hydrogen-bond acceptors (Lipinski definition) is 4. The summed E-state index contributed by atoms with van der Waals surface area (Å²) in [7, 11) is -3.45. The van der Waals surface area contributed by atoms with Crippen LogP contribution in [0.5, 0.6) is 0 Å². The number of nitrogens with one attached hydrogen (secondary N) is 1. The molecular weight excluding hydrogens is 346 g/mol. The molecule has 1 saturated heterocycles. The standard InChI is InChI=1S/C20H23N3O2S/c21-14-17-7-6-8-18(13-17)15-22-16-19-9-2-3-10-20(19)26(24,25)23-11-4-1-5-12-23/h2-3,6-10,13,22H,1,4-5,11-12,15-16H2. The van der Waals surface area contributed by atoms with Gasteiger partial charge in [0.25, 0.3) is 0 Å². The lowest BCUT2D eigenvalue weighted by Gasteiger charge is -2.26. The van der Waals surface area contributed by atoms with Crippen molar-refractivity contribution in [1.29, 1.82) is 5.26 Å². The molecule has 5 nitrogen and oxygen atoms in total. The number of hydrogen-bond donors (Lipinski definition) is 1. The van der Waals surface area contributed by atoms with Gasteiger partial charge in [-0.3, -0.25) is 0 Å². The van der Waals surface area contributed by atoms with Crippen LogP contribution in [0.3, 0.4) is 0 Å². The van der Waals surface area contributed by atoms with Gasteiger partial charge in [0.2, 0.25) is 10.0 Å². The molecule has 1 aliphatic heterocycles. The topological polar surface area (TPSA) is 73.2 Å². The van der Waals surface area contributed by atoms with Crippen molar-refractivity contribution in [2.75, 3.05) is 13.1 Å². The monoisotopic (exact) mass is 369 g/mol. The molecule has 0 amide bonds. The van der Waals surface area contributed by atoms with Crippen molar-refractivity contribution in [2.45, 2.75) is 37.2 Å². The van der Waals surface area contributed by atoms with Gasteiger partial charge in [-0.05, 0) is 42.2 Å². The van der Waals surface area contributed by atoms with Crippen molar-refractivity contribution in [1.82, 2.24) is 9.62 Å². The predicted octanol–water partition coefficient (Wildman–Crippen LogP) is 3.02. The lowest BCUT2D eigenvalue weighted by molar-refractivity contribution is 0.346. The average molecular weight is 369 g/mol. The SMILES string of the molecule is N#Cc1cccc(CNCc2ccccc2S(=O)(=O)N2CCCCC2)c1. The summed E-state index contributed by atoms with van der Waals surface area (Å²) >= 11 is 0.